The zero-order valence-electron chi connectivity index (χ0n) is 8.66. The van der Waals surface area contributed by atoms with E-state index in [4.69, 9.17) is 0 Å². The molecule has 0 bridgehead atoms. The van der Waals surface area contributed by atoms with Crippen LogP contribution < -0.4 is 0 Å². The molecule has 0 saturated heterocycles. The Hall–Kier alpha value is -1.59. The summed E-state index contributed by atoms with van der Waals surface area (Å²) in [5.41, 5.74) is 0. The largest absolute Gasteiger partial charge is 0.469 e. The number of esters is 3. The molecule has 0 aliphatic heterocycles. The monoisotopic (exact) mass is 206 g/mol. The zero-order chi connectivity index (χ0) is 11.6. The average molecular weight is 206 g/mol. The summed E-state index contributed by atoms with van der Waals surface area (Å²) in [6.45, 7) is 1.36. The van der Waals surface area contributed by atoms with Crippen molar-refractivity contribution in [3.63, 3.8) is 0 Å². The molecule has 0 amide bonds. The van der Waals surface area contributed by atoms with Crippen LogP contribution in [0.5, 0.6) is 0 Å². The second-order valence-electron chi connectivity index (χ2n) is 2.02. The summed E-state index contributed by atoms with van der Waals surface area (Å²) in [7, 11) is 3.78. The normalized spacial score (nSPS) is 7.71. The summed E-state index contributed by atoms with van der Waals surface area (Å²) in [5, 5.41) is 0. The maximum Gasteiger partial charge on any atom is 0.316 e. The first-order valence-corrected chi connectivity index (χ1v) is 3.66. The van der Waals surface area contributed by atoms with Gasteiger partial charge < -0.3 is 14.2 Å². The Labute approximate surface area is 82.1 Å². The first kappa shape index (κ1) is 14.9. The quantitative estimate of drug-likeness (QED) is 0.356. The van der Waals surface area contributed by atoms with Gasteiger partial charge in [-0.15, -0.1) is 0 Å². The Balaban J connectivity index is 0. The van der Waals surface area contributed by atoms with Gasteiger partial charge in [0.15, 0.2) is 0 Å². The Morgan fingerprint density at radius 2 is 1.14 bits per heavy atom. The first-order valence-electron chi connectivity index (χ1n) is 3.66. The topological polar surface area (TPSA) is 78.9 Å². The summed E-state index contributed by atoms with van der Waals surface area (Å²) >= 11 is 0. The van der Waals surface area contributed by atoms with Gasteiger partial charge in [0.1, 0.15) is 6.42 Å². The van der Waals surface area contributed by atoms with Gasteiger partial charge in [0, 0.05) is 6.92 Å². The molecule has 0 spiro atoms. The van der Waals surface area contributed by atoms with Crippen LogP contribution in [0.15, 0.2) is 0 Å². The highest BCUT2D eigenvalue weighted by Crippen LogP contribution is 1.85. The summed E-state index contributed by atoms with van der Waals surface area (Å²) in [6.07, 6.45) is -0.312. The lowest BCUT2D eigenvalue weighted by molar-refractivity contribution is -0.151. The summed E-state index contributed by atoms with van der Waals surface area (Å²) in [5.74, 6) is -1.41. The molecule has 0 radical (unpaired) electrons. The minimum atomic E-state index is -0.582. The minimum absolute atomic E-state index is 0.245. The summed E-state index contributed by atoms with van der Waals surface area (Å²) in [4.78, 5) is 30.1. The van der Waals surface area contributed by atoms with Gasteiger partial charge in [0.25, 0.3) is 0 Å². The van der Waals surface area contributed by atoms with Crippen molar-refractivity contribution in [3.8, 4) is 0 Å². The van der Waals surface area contributed by atoms with Crippen LogP contribution in [0.3, 0.4) is 0 Å². The molecule has 0 heterocycles. The second-order valence-corrected chi connectivity index (χ2v) is 2.02. The van der Waals surface area contributed by atoms with E-state index >= 15 is 0 Å². The van der Waals surface area contributed by atoms with Crippen LogP contribution in [0, 0.1) is 0 Å². The fourth-order valence-corrected chi connectivity index (χ4v) is 0.262. The van der Waals surface area contributed by atoms with E-state index in [1.54, 1.807) is 0 Å². The number of hydrogen-bond acceptors (Lipinski definition) is 6. The molecule has 0 atom stereocenters. The molecule has 6 heteroatoms. The molecular weight excluding hydrogens is 192 g/mol. The molecule has 0 saturated carbocycles. The van der Waals surface area contributed by atoms with Crippen LogP contribution in [0.1, 0.15) is 13.3 Å². The first-order chi connectivity index (χ1) is 6.47. The molecule has 0 aliphatic carbocycles. The second kappa shape index (κ2) is 9.50. The van der Waals surface area contributed by atoms with Crippen LogP contribution >= 0.6 is 0 Å². The van der Waals surface area contributed by atoms with Gasteiger partial charge in [0.05, 0.1) is 21.3 Å². The van der Waals surface area contributed by atoms with Crippen LogP contribution in [-0.2, 0) is 28.6 Å². The molecule has 6 nitrogen and oxygen atoms in total. The maximum atomic E-state index is 10.3. The molecular formula is C8H14O6. The van der Waals surface area contributed by atoms with Crippen molar-refractivity contribution in [2.24, 2.45) is 0 Å². The number of carbonyl (C=O) groups excluding carboxylic acids is 3. The molecule has 0 aromatic rings. The van der Waals surface area contributed by atoms with Gasteiger partial charge in [-0.25, -0.2) is 0 Å². The Bertz CT molecular complexity index is 184. The van der Waals surface area contributed by atoms with Crippen molar-refractivity contribution in [3.05, 3.63) is 0 Å². The number of hydrogen-bond donors (Lipinski definition) is 0. The van der Waals surface area contributed by atoms with Crippen molar-refractivity contribution in [1.82, 2.24) is 0 Å². The predicted molar refractivity (Wildman–Crippen MR) is 46.3 cm³/mol. The molecule has 0 aromatic carbocycles. The van der Waals surface area contributed by atoms with Crippen LogP contribution in [0.2, 0.25) is 0 Å². The predicted octanol–water partition coefficient (Wildman–Crippen LogP) is -0.0982. The maximum absolute atomic E-state index is 10.3. The lowest BCUT2D eigenvalue weighted by Gasteiger charge is -1.95. The molecule has 82 valence electrons. The van der Waals surface area contributed by atoms with Gasteiger partial charge in [0.2, 0.25) is 0 Å². The van der Waals surface area contributed by atoms with E-state index in [1.165, 1.54) is 28.3 Å². The number of rotatable bonds is 2. The van der Waals surface area contributed by atoms with E-state index in [9.17, 15) is 14.4 Å². The fourth-order valence-electron chi connectivity index (χ4n) is 0.262. The number of carbonyl (C=O) groups is 3. The molecule has 0 aromatic heterocycles. The zero-order valence-corrected chi connectivity index (χ0v) is 8.66. The SMILES string of the molecule is COC(=O)CC(=O)OC.COC(C)=O. The number of ether oxygens (including phenoxy) is 3. The number of methoxy groups -OCH3 is 3. The minimum Gasteiger partial charge on any atom is -0.469 e. The standard InChI is InChI=1S/C5H8O4.C3H6O2/c1-8-4(6)3-5(7)9-2;1-3(4)5-2/h3H2,1-2H3;1-2H3. The van der Waals surface area contributed by atoms with Gasteiger partial charge in [-0.2, -0.15) is 0 Å². The Morgan fingerprint density at radius 1 is 0.857 bits per heavy atom. The van der Waals surface area contributed by atoms with Gasteiger partial charge in [-0.05, 0) is 0 Å². The van der Waals surface area contributed by atoms with Crippen molar-refractivity contribution >= 4 is 17.9 Å². The highest BCUT2D eigenvalue weighted by molar-refractivity contribution is 5.90. The average Bonchev–Trinajstić information content (AvgIpc) is 2.18. The fraction of sp³-hybridized carbons (Fsp3) is 0.625. The van der Waals surface area contributed by atoms with Crippen LogP contribution in [0.25, 0.3) is 0 Å². The van der Waals surface area contributed by atoms with Gasteiger partial charge >= 0.3 is 17.9 Å². The van der Waals surface area contributed by atoms with E-state index in [2.05, 4.69) is 14.2 Å². The van der Waals surface area contributed by atoms with E-state index in [0.717, 1.165) is 0 Å². The molecule has 0 fully saturated rings. The highest BCUT2D eigenvalue weighted by atomic mass is 16.5. The van der Waals surface area contributed by atoms with Crippen LogP contribution in [-0.4, -0.2) is 39.2 Å². The molecule has 0 rings (SSSR count). The van der Waals surface area contributed by atoms with E-state index in [0.29, 0.717) is 0 Å². The molecule has 14 heavy (non-hydrogen) atoms. The van der Waals surface area contributed by atoms with E-state index in [-0.39, 0.29) is 12.4 Å². The third-order valence-electron chi connectivity index (χ3n) is 1.03. The van der Waals surface area contributed by atoms with Crippen molar-refractivity contribution < 1.29 is 28.6 Å². The van der Waals surface area contributed by atoms with Gasteiger partial charge in [-0.1, -0.05) is 0 Å². The van der Waals surface area contributed by atoms with Gasteiger partial charge in [-0.3, -0.25) is 14.4 Å². The smallest absolute Gasteiger partial charge is 0.316 e. The summed E-state index contributed by atoms with van der Waals surface area (Å²) < 4.78 is 12.5. The van der Waals surface area contributed by atoms with E-state index in [1.807, 2.05) is 0 Å². The molecule has 0 unspecified atom stereocenters. The summed E-state index contributed by atoms with van der Waals surface area (Å²) in [6, 6.07) is 0. The van der Waals surface area contributed by atoms with Crippen molar-refractivity contribution in [2.45, 2.75) is 13.3 Å². The molecule has 0 aliphatic rings. The van der Waals surface area contributed by atoms with Crippen molar-refractivity contribution in [1.29, 1.82) is 0 Å². The third kappa shape index (κ3) is 13.0. The molecule has 0 N–H and O–H groups in total. The van der Waals surface area contributed by atoms with E-state index < -0.39 is 11.9 Å². The Kier molecular flexibility index (Phi) is 10.1. The Morgan fingerprint density at radius 3 is 1.29 bits per heavy atom. The highest BCUT2D eigenvalue weighted by Gasteiger charge is 2.07. The van der Waals surface area contributed by atoms with Crippen molar-refractivity contribution in [2.75, 3.05) is 21.3 Å². The third-order valence-corrected chi connectivity index (χ3v) is 1.03. The van der Waals surface area contributed by atoms with Crippen LogP contribution in [0.4, 0.5) is 0 Å². The lowest BCUT2D eigenvalue weighted by Crippen LogP contribution is -2.09. The lowest BCUT2D eigenvalue weighted by atomic mass is 10.4.